The van der Waals surface area contributed by atoms with Gasteiger partial charge in [-0.1, -0.05) is 20.3 Å². The summed E-state index contributed by atoms with van der Waals surface area (Å²) >= 11 is 0. The van der Waals surface area contributed by atoms with Gasteiger partial charge in [0.1, 0.15) is 6.33 Å². The van der Waals surface area contributed by atoms with Crippen LogP contribution in [-0.2, 0) is 0 Å². The monoisotopic (exact) mass is 223 g/mol. The molecule has 16 heavy (non-hydrogen) atoms. The van der Waals surface area contributed by atoms with Crippen molar-refractivity contribution in [3.63, 3.8) is 0 Å². The Hall–Kier alpha value is -1.19. The van der Waals surface area contributed by atoms with Crippen LogP contribution in [-0.4, -0.2) is 16.0 Å². The van der Waals surface area contributed by atoms with Crippen LogP contribution in [0.1, 0.15) is 38.8 Å². The van der Waals surface area contributed by atoms with E-state index in [0.29, 0.717) is 17.6 Å². The molecule has 0 saturated heterocycles. The molecule has 4 heteroatoms. The summed E-state index contributed by atoms with van der Waals surface area (Å²) in [6.45, 7) is 6.08. The van der Waals surface area contributed by atoms with Gasteiger partial charge in [0.25, 0.3) is 0 Å². The third-order valence-electron chi connectivity index (χ3n) is 3.53. The molecule has 0 bridgehead atoms. The minimum atomic E-state index is -0.329. The van der Waals surface area contributed by atoms with E-state index in [4.69, 9.17) is 0 Å². The summed E-state index contributed by atoms with van der Waals surface area (Å²) in [5, 5.41) is 3.21. The third-order valence-corrected chi connectivity index (χ3v) is 3.53. The highest BCUT2D eigenvalue weighted by molar-refractivity contribution is 5.38. The summed E-state index contributed by atoms with van der Waals surface area (Å²) in [6.07, 6.45) is 4.85. The summed E-state index contributed by atoms with van der Waals surface area (Å²) in [6, 6.07) is 0.302. The molecule has 0 aromatic carbocycles. The SMILES string of the molecule is Cc1ncnc(NC2CCCC2(C)C)c1F. The predicted molar refractivity (Wildman–Crippen MR) is 61.8 cm³/mol. The number of rotatable bonds is 2. The maximum Gasteiger partial charge on any atom is 0.186 e. The van der Waals surface area contributed by atoms with Crippen LogP contribution in [0.25, 0.3) is 0 Å². The van der Waals surface area contributed by atoms with Crippen LogP contribution >= 0.6 is 0 Å². The van der Waals surface area contributed by atoms with E-state index in [2.05, 4.69) is 29.1 Å². The van der Waals surface area contributed by atoms with Crippen molar-refractivity contribution in [2.45, 2.75) is 46.1 Å². The number of aryl methyl sites for hydroxylation is 1. The van der Waals surface area contributed by atoms with E-state index in [1.54, 1.807) is 6.92 Å². The minimum absolute atomic E-state index is 0.214. The van der Waals surface area contributed by atoms with Crippen LogP contribution in [0, 0.1) is 18.2 Å². The first-order chi connectivity index (χ1) is 7.50. The quantitative estimate of drug-likeness (QED) is 0.837. The zero-order valence-electron chi connectivity index (χ0n) is 10.0. The van der Waals surface area contributed by atoms with Gasteiger partial charge in [0, 0.05) is 6.04 Å². The Kier molecular flexibility index (Phi) is 2.82. The van der Waals surface area contributed by atoms with Gasteiger partial charge >= 0.3 is 0 Å². The fourth-order valence-corrected chi connectivity index (χ4v) is 2.32. The Balaban J connectivity index is 2.18. The molecule has 1 heterocycles. The van der Waals surface area contributed by atoms with Crippen molar-refractivity contribution in [2.75, 3.05) is 5.32 Å². The van der Waals surface area contributed by atoms with Gasteiger partial charge in [-0.3, -0.25) is 0 Å². The van der Waals surface area contributed by atoms with E-state index < -0.39 is 0 Å². The van der Waals surface area contributed by atoms with Crippen LogP contribution in [0.15, 0.2) is 6.33 Å². The lowest BCUT2D eigenvalue weighted by Crippen LogP contribution is -2.31. The molecule has 0 aliphatic heterocycles. The summed E-state index contributed by atoms with van der Waals surface area (Å²) in [4.78, 5) is 7.80. The highest BCUT2D eigenvalue weighted by atomic mass is 19.1. The fourth-order valence-electron chi connectivity index (χ4n) is 2.32. The largest absolute Gasteiger partial charge is 0.364 e. The van der Waals surface area contributed by atoms with E-state index in [0.717, 1.165) is 6.42 Å². The van der Waals surface area contributed by atoms with Gasteiger partial charge in [-0.2, -0.15) is 0 Å². The molecule has 3 nitrogen and oxygen atoms in total. The van der Waals surface area contributed by atoms with Crippen LogP contribution in [0.4, 0.5) is 10.2 Å². The van der Waals surface area contributed by atoms with Crippen molar-refractivity contribution in [3.8, 4) is 0 Å². The van der Waals surface area contributed by atoms with Gasteiger partial charge in [0.15, 0.2) is 11.6 Å². The fraction of sp³-hybridized carbons (Fsp3) is 0.667. The van der Waals surface area contributed by atoms with Gasteiger partial charge < -0.3 is 5.32 Å². The number of halogens is 1. The number of nitrogens with zero attached hydrogens (tertiary/aromatic N) is 2. The first kappa shape index (κ1) is 11.3. The van der Waals surface area contributed by atoms with Gasteiger partial charge in [0.05, 0.1) is 5.69 Å². The second kappa shape index (κ2) is 4.00. The zero-order chi connectivity index (χ0) is 11.8. The van der Waals surface area contributed by atoms with E-state index in [9.17, 15) is 4.39 Å². The zero-order valence-corrected chi connectivity index (χ0v) is 10.0. The second-order valence-corrected chi connectivity index (χ2v) is 5.20. The van der Waals surface area contributed by atoms with Crippen molar-refractivity contribution in [1.82, 2.24) is 9.97 Å². The number of hydrogen-bond donors (Lipinski definition) is 1. The molecule has 0 spiro atoms. The average molecular weight is 223 g/mol. The molecule has 1 atom stereocenters. The van der Waals surface area contributed by atoms with Crippen molar-refractivity contribution in [3.05, 3.63) is 17.8 Å². The first-order valence-corrected chi connectivity index (χ1v) is 5.74. The highest BCUT2D eigenvalue weighted by Gasteiger charge is 2.35. The molecule has 1 aromatic rings. The molecular weight excluding hydrogens is 205 g/mol. The Bertz CT molecular complexity index is 390. The van der Waals surface area contributed by atoms with E-state index >= 15 is 0 Å². The molecule has 0 amide bonds. The number of hydrogen-bond acceptors (Lipinski definition) is 3. The molecular formula is C12H18FN3. The van der Waals surface area contributed by atoms with Crippen LogP contribution in [0.2, 0.25) is 0 Å². The summed E-state index contributed by atoms with van der Waals surface area (Å²) < 4.78 is 13.7. The van der Waals surface area contributed by atoms with E-state index in [1.165, 1.54) is 19.2 Å². The molecule has 1 fully saturated rings. The Morgan fingerprint density at radius 1 is 1.44 bits per heavy atom. The third kappa shape index (κ3) is 2.01. The van der Waals surface area contributed by atoms with Gasteiger partial charge in [-0.25, -0.2) is 14.4 Å². The summed E-state index contributed by atoms with van der Waals surface area (Å²) in [5.41, 5.74) is 0.610. The smallest absolute Gasteiger partial charge is 0.186 e. The topological polar surface area (TPSA) is 37.8 Å². The minimum Gasteiger partial charge on any atom is -0.364 e. The normalized spacial score (nSPS) is 23.4. The summed E-state index contributed by atoms with van der Waals surface area (Å²) in [5.74, 6) is 0.0117. The van der Waals surface area contributed by atoms with E-state index in [1.807, 2.05) is 0 Å². The Morgan fingerprint density at radius 2 is 2.19 bits per heavy atom. The maximum absolute atomic E-state index is 13.7. The molecule has 0 radical (unpaired) electrons. The highest BCUT2D eigenvalue weighted by Crippen LogP contribution is 2.39. The van der Waals surface area contributed by atoms with Crippen molar-refractivity contribution in [2.24, 2.45) is 5.41 Å². The summed E-state index contributed by atoms with van der Waals surface area (Å²) in [7, 11) is 0. The second-order valence-electron chi connectivity index (χ2n) is 5.20. The lowest BCUT2D eigenvalue weighted by Gasteiger charge is -2.28. The van der Waals surface area contributed by atoms with Gasteiger partial charge in [-0.05, 0) is 25.2 Å². The van der Waals surface area contributed by atoms with Crippen molar-refractivity contribution >= 4 is 5.82 Å². The molecule has 1 aliphatic carbocycles. The number of anilines is 1. The molecule has 1 aromatic heterocycles. The maximum atomic E-state index is 13.7. The Labute approximate surface area is 95.5 Å². The van der Waals surface area contributed by atoms with Gasteiger partial charge in [-0.15, -0.1) is 0 Å². The predicted octanol–water partition coefficient (Wildman–Crippen LogP) is 2.91. The lowest BCUT2D eigenvalue weighted by molar-refractivity contribution is 0.348. The number of aromatic nitrogens is 2. The van der Waals surface area contributed by atoms with Crippen molar-refractivity contribution in [1.29, 1.82) is 0 Å². The standard InChI is InChI=1S/C12H18FN3/c1-8-10(13)11(15-7-14-8)16-9-5-4-6-12(9,2)3/h7,9H,4-6H2,1-3H3,(H,14,15,16). The van der Waals surface area contributed by atoms with Gasteiger partial charge in [0.2, 0.25) is 0 Å². The van der Waals surface area contributed by atoms with Crippen molar-refractivity contribution < 1.29 is 4.39 Å². The molecule has 1 saturated carbocycles. The van der Waals surface area contributed by atoms with E-state index in [-0.39, 0.29) is 11.2 Å². The lowest BCUT2D eigenvalue weighted by atomic mass is 9.87. The van der Waals surface area contributed by atoms with Crippen LogP contribution in [0.5, 0.6) is 0 Å². The molecule has 1 N–H and O–H groups in total. The Morgan fingerprint density at radius 3 is 2.81 bits per heavy atom. The van der Waals surface area contributed by atoms with Crippen LogP contribution in [0.3, 0.4) is 0 Å². The molecule has 88 valence electrons. The molecule has 1 unspecified atom stereocenters. The first-order valence-electron chi connectivity index (χ1n) is 5.74. The molecule has 1 aliphatic rings. The van der Waals surface area contributed by atoms with Crippen LogP contribution < -0.4 is 5.32 Å². The average Bonchev–Trinajstić information content (AvgIpc) is 2.54. The molecule has 2 rings (SSSR count). The number of nitrogens with one attached hydrogen (secondary N) is 1.